The molecule has 0 aromatic heterocycles. The summed E-state index contributed by atoms with van der Waals surface area (Å²) in [6.45, 7) is 1.98. The van der Waals surface area contributed by atoms with Gasteiger partial charge in [-0.2, -0.15) is 0 Å². The molecule has 22 heavy (non-hydrogen) atoms. The van der Waals surface area contributed by atoms with Gasteiger partial charge in [0, 0.05) is 0 Å². The molecule has 0 aliphatic heterocycles. The molecule has 2 rings (SSSR count). The maximum Gasteiger partial charge on any atom is 0.311 e. The van der Waals surface area contributed by atoms with Crippen LogP contribution in [0.1, 0.15) is 22.6 Å². The SMILES string of the molecule is COc1ccc(C(Cc2cc(C)ccc2OC)C(=O)O)cc1. The summed E-state index contributed by atoms with van der Waals surface area (Å²) in [5, 5.41) is 9.58. The first-order valence-electron chi connectivity index (χ1n) is 7.05. The summed E-state index contributed by atoms with van der Waals surface area (Å²) in [5.41, 5.74) is 2.72. The minimum atomic E-state index is -0.853. The van der Waals surface area contributed by atoms with Crippen LogP contribution in [-0.2, 0) is 11.2 Å². The normalized spacial score (nSPS) is 11.8. The van der Waals surface area contributed by atoms with E-state index >= 15 is 0 Å². The Morgan fingerprint density at radius 3 is 2.32 bits per heavy atom. The Labute approximate surface area is 130 Å². The zero-order valence-electron chi connectivity index (χ0n) is 13.0. The molecular weight excluding hydrogens is 280 g/mol. The molecule has 0 saturated carbocycles. The lowest BCUT2D eigenvalue weighted by molar-refractivity contribution is -0.138. The van der Waals surface area contributed by atoms with E-state index in [0.29, 0.717) is 17.9 Å². The Bertz CT molecular complexity index is 647. The highest BCUT2D eigenvalue weighted by molar-refractivity contribution is 5.76. The Balaban J connectivity index is 2.32. The van der Waals surface area contributed by atoms with Crippen LogP contribution in [0.25, 0.3) is 0 Å². The fourth-order valence-corrected chi connectivity index (χ4v) is 2.47. The number of hydrogen-bond donors (Lipinski definition) is 1. The molecule has 0 spiro atoms. The van der Waals surface area contributed by atoms with Gasteiger partial charge in [-0.15, -0.1) is 0 Å². The molecule has 2 aromatic carbocycles. The molecule has 4 heteroatoms. The first-order chi connectivity index (χ1) is 10.5. The van der Waals surface area contributed by atoms with Crippen molar-refractivity contribution in [2.45, 2.75) is 19.3 Å². The Hall–Kier alpha value is -2.49. The average Bonchev–Trinajstić information content (AvgIpc) is 2.52. The summed E-state index contributed by atoms with van der Waals surface area (Å²) in [7, 11) is 3.18. The molecule has 2 aromatic rings. The minimum Gasteiger partial charge on any atom is -0.497 e. The number of carboxylic acid groups (broad SMARTS) is 1. The third-order valence-corrected chi connectivity index (χ3v) is 3.68. The van der Waals surface area contributed by atoms with Crippen molar-refractivity contribution in [3.05, 3.63) is 59.2 Å². The number of carboxylic acids is 1. The first-order valence-corrected chi connectivity index (χ1v) is 7.05. The van der Waals surface area contributed by atoms with Gasteiger partial charge in [-0.25, -0.2) is 0 Å². The van der Waals surface area contributed by atoms with Crippen LogP contribution >= 0.6 is 0 Å². The third kappa shape index (κ3) is 3.58. The molecule has 1 atom stereocenters. The number of aliphatic carboxylic acids is 1. The number of carbonyl (C=O) groups is 1. The van der Waals surface area contributed by atoms with Crippen LogP contribution in [0, 0.1) is 6.92 Å². The standard InChI is InChI=1S/C18H20O4/c1-12-4-9-17(22-3)14(10-12)11-16(18(19)20)13-5-7-15(21-2)8-6-13/h4-10,16H,11H2,1-3H3,(H,19,20). The van der Waals surface area contributed by atoms with Crippen molar-refractivity contribution in [2.75, 3.05) is 14.2 Å². The summed E-state index contributed by atoms with van der Waals surface area (Å²) in [4.78, 5) is 11.7. The van der Waals surface area contributed by atoms with Gasteiger partial charge in [0.15, 0.2) is 0 Å². The Morgan fingerprint density at radius 2 is 1.77 bits per heavy atom. The number of methoxy groups -OCH3 is 2. The summed E-state index contributed by atoms with van der Waals surface area (Å²) in [6, 6.07) is 12.9. The van der Waals surface area contributed by atoms with Crippen molar-refractivity contribution in [3.8, 4) is 11.5 Å². The maximum atomic E-state index is 11.7. The highest BCUT2D eigenvalue weighted by Gasteiger charge is 2.22. The van der Waals surface area contributed by atoms with Crippen molar-refractivity contribution < 1.29 is 19.4 Å². The molecule has 4 nitrogen and oxygen atoms in total. The number of benzene rings is 2. The summed E-state index contributed by atoms with van der Waals surface area (Å²) in [5.74, 6) is -0.0540. The number of hydrogen-bond acceptors (Lipinski definition) is 3. The Kier molecular flexibility index (Phi) is 5.04. The number of rotatable bonds is 6. The van der Waals surface area contributed by atoms with Gasteiger partial charge >= 0.3 is 5.97 Å². The molecule has 116 valence electrons. The lowest BCUT2D eigenvalue weighted by Crippen LogP contribution is -2.15. The van der Waals surface area contributed by atoms with Crippen molar-refractivity contribution in [2.24, 2.45) is 0 Å². The molecule has 0 radical (unpaired) electrons. The minimum absolute atomic E-state index is 0.381. The average molecular weight is 300 g/mol. The lowest BCUT2D eigenvalue weighted by Gasteiger charge is -2.16. The molecule has 0 fully saturated rings. The topological polar surface area (TPSA) is 55.8 Å². The number of ether oxygens (including phenoxy) is 2. The van der Waals surface area contributed by atoms with Crippen LogP contribution in [-0.4, -0.2) is 25.3 Å². The van der Waals surface area contributed by atoms with Gasteiger partial charge in [-0.05, 0) is 42.7 Å². The second-order valence-corrected chi connectivity index (χ2v) is 5.18. The first kappa shape index (κ1) is 15.9. The van der Waals surface area contributed by atoms with Gasteiger partial charge in [-0.3, -0.25) is 4.79 Å². The zero-order valence-corrected chi connectivity index (χ0v) is 13.0. The van der Waals surface area contributed by atoms with Crippen molar-refractivity contribution in [3.63, 3.8) is 0 Å². The van der Waals surface area contributed by atoms with Gasteiger partial charge in [-0.1, -0.05) is 29.8 Å². The summed E-state index contributed by atoms with van der Waals surface area (Å²) in [6.07, 6.45) is 0.381. The summed E-state index contributed by atoms with van der Waals surface area (Å²) >= 11 is 0. The molecular formula is C18H20O4. The third-order valence-electron chi connectivity index (χ3n) is 3.68. The van der Waals surface area contributed by atoms with E-state index in [0.717, 1.165) is 16.7 Å². The van der Waals surface area contributed by atoms with Crippen molar-refractivity contribution in [1.29, 1.82) is 0 Å². The van der Waals surface area contributed by atoms with Crippen LogP contribution in [0.15, 0.2) is 42.5 Å². The molecule has 1 N–H and O–H groups in total. The van der Waals surface area contributed by atoms with E-state index < -0.39 is 11.9 Å². The number of aryl methyl sites for hydroxylation is 1. The van der Waals surface area contributed by atoms with Gasteiger partial charge in [0.1, 0.15) is 11.5 Å². The second kappa shape index (κ2) is 6.98. The monoisotopic (exact) mass is 300 g/mol. The van der Waals surface area contributed by atoms with E-state index in [-0.39, 0.29) is 0 Å². The van der Waals surface area contributed by atoms with E-state index in [9.17, 15) is 9.90 Å². The highest BCUT2D eigenvalue weighted by Crippen LogP contribution is 2.28. The zero-order chi connectivity index (χ0) is 16.1. The van der Waals surface area contributed by atoms with Crippen LogP contribution < -0.4 is 9.47 Å². The van der Waals surface area contributed by atoms with Gasteiger partial charge in [0.25, 0.3) is 0 Å². The molecule has 0 aliphatic carbocycles. The fraction of sp³-hybridized carbons (Fsp3) is 0.278. The fourth-order valence-electron chi connectivity index (χ4n) is 2.47. The van der Waals surface area contributed by atoms with E-state index in [1.807, 2.05) is 25.1 Å². The van der Waals surface area contributed by atoms with Crippen LogP contribution in [0.2, 0.25) is 0 Å². The smallest absolute Gasteiger partial charge is 0.311 e. The largest absolute Gasteiger partial charge is 0.497 e. The molecule has 1 unspecified atom stereocenters. The van der Waals surface area contributed by atoms with Gasteiger partial charge in [0.05, 0.1) is 20.1 Å². The predicted molar refractivity (Wildman–Crippen MR) is 84.8 cm³/mol. The summed E-state index contributed by atoms with van der Waals surface area (Å²) < 4.78 is 10.5. The van der Waals surface area contributed by atoms with Crippen molar-refractivity contribution >= 4 is 5.97 Å². The van der Waals surface area contributed by atoms with Gasteiger partial charge in [0.2, 0.25) is 0 Å². The molecule has 0 bridgehead atoms. The Morgan fingerprint density at radius 1 is 1.09 bits per heavy atom. The van der Waals surface area contributed by atoms with E-state index in [2.05, 4.69) is 0 Å². The molecule has 0 aliphatic rings. The lowest BCUT2D eigenvalue weighted by atomic mass is 9.91. The second-order valence-electron chi connectivity index (χ2n) is 5.18. The van der Waals surface area contributed by atoms with Crippen LogP contribution in [0.5, 0.6) is 11.5 Å². The molecule has 0 saturated heterocycles. The van der Waals surface area contributed by atoms with Crippen LogP contribution in [0.3, 0.4) is 0 Å². The maximum absolute atomic E-state index is 11.7. The molecule has 0 amide bonds. The van der Waals surface area contributed by atoms with E-state index in [4.69, 9.17) is 9.47 Å². The van der Waals surface area contributed by atoms with Crippen molar-refractivity contribution in [1.82, 2.24) is 0 Å². The van der Waals surface area contributed by atoms with E-state index in [1.54, 1.807) is 38.5 Å². The van der Waals surface area contributed by atoms with E-state index in [1.165, 1.54) is 0 Å². The molecule has 0 heterocycles. The quantitative estimate of drug-likeness (QED) is 0.888. The van der Waals surface area contributed by atoms with Crippen LogP contribution in [0.4, 0.5) is 0 Å². The predicted octanol–water partition coefficient (Wildman–Crippen LogP) is 3.42. The van der Waals surface area contributed by atoms with Gasteiger partial charge < -0.3 is 14.6 Å². The highest BCUT2D eigenvalue weighted by atomic mass is 16.5.